The van der Waals surface area contributed by atoms with Crippen LogP contribution in [0, 0.1) is 17.2 Å². The maximum atomic E-state index is 12.9. The number of halogens is 3. The number of nitriles is 1. The van der Waals surface area contributed by atoms with Crippen LogP contribution in [0.2, 0.25) is 0 Å². The van der Waals surface area contributed by atoms with Gasteiger partial charge in [0.05, 0.1) is 29.9 Å². The van der Waals surface area contributed by atoms with Crippen molar-refractivity contribution in [1.29, 1.82) is 5.26 Å². The van der Waals surface area contributed by atoms with Crippen LogP contribution in [0.4, 0.5) is 13.2 Å². The standard InChI is InChI=1S/C41H34F3NO3/c1-47-40(46)37-20-12-29(13-21-37)6-7-31(26-30-8-10-32(27-45)11-9-30)14-19-36-4-2-3-5-39(36)48-28-33-15-17-34(18-16-33)35-22-24-38(25-23-35)41(42,43)44/h2-5,8-25,31H,6-7,26,28H2,1H3/b19-14+. The molecule has 0 aliphatic heterocycles. The van der Waals surface area contributed by atoms with E-state index in [0.29, 0.717) is 23.3 Å². The molecule has 7 heteroatoms. The van der Waals surface area contributed by atoms with E-state index < -0.39 is 11.7 Å². The van der Waals surface area contributed by atoms with Crippen LogP contribution in [0.1, 0.15) is 50.2 Å². The molecule has 0 amide bonds. The lowest BCUT2D eigenvalue weighted by Crippen LogP contribution is -2.05. The zero-order valence-electron chi connectivity index (χ0n) is 26.4. The Balaban J connectivity index is 1.26. The largest absolute Gasteiger partial charge is 0.488 e. The lowest BCUT2D eigenvalue weighted by molar-refractivity contribution is -0.137. The van der Waals surface area contributed by atoms with Gasteiger partial charge >= 0.3 is 12.1 Å². The number of nitrogens with zero attached hydrogens (tertiary/aromatic N) is 1. The Kier molecular flexibility index (Phi) is 11.1. The Hall–Kier alpha value is -5.61. The lowest BCUT2D eigenvalue weighted by Gasteiger charge is -2.15. The SMILES string of the molecule is COC(=O)c1ccc(CCC(/C=C/c2ccccc2OCc2ccc(-c3ccc(C(F)(F)F)cc3)cc2)Cc2ccc(C#N)cc2)cc1. The number of methoxy groups -OCH3 is 1. The fraction of sp³-hybridized carbons (Fsp3) is 0.171. The van der Waals surface area contributed by atoms with Crippen molar-refractivity contribution in [2.45, 2.75) is 32.0 Å². The predicted octanol–water partition coefficient (Wildman–Crippen LogP) is 10.1. The minimum atomic E-state index is -4.36. The first-order valence-corrected chi connectivity index (χ1v) is 15.5. The average molecular weight is 646 g/mol. The van der Waals surface area contributed by atoms with Crippen molar-refractivity contribution in [2.24, 2.45) is 5.92 Å². The molecule has 5 aromatic rings. The van der Waals surface area contributed by atoms with Gasteiger partial charge in [0, 0.05) is 5.56 Å². The van der Waals surface area contributed by atoms with E-state index in [-0.39, 0.29) is 11.9 Å². The van der Waals surface area contributed by atoms with Crippen LogP contribution < -0.4 is 4.74 Å². The second-order valence-corrected chi connectivity index (χ2v) is 11.5. The van der Waals surface area contributed by atoms with Crippen LogP contribution in [-0.2, 0) is 30.4 Å². The number of hydrogen-bond acceptors (Lipinski definition) is 4. The first kappa shape index (κ1) is 33.7. The summed E-state index contributed by atoms with van der Waals surface area (Å²) < 4.78 is 49.8. The van der Waals surface area contributed by atoms with Gasteiger partial charge in [-0.05, 0) is 95.5 Å². The summed E-state index contributed by atoms with van der Waals surface area (Å²) in [4.78, 5) is 11.8. The molecular formula is C41H34F3NO3. The third-order valence-electron chi connectivity index (χ3n) is 8.12. The van der Waals surface area contributed by atoms with Gasteiger partial charge in [-0.25, -0.2) is 4.79 Å². The fourth-order valence-corrected chi connectivity index (χ4v) is 5.36. The van der Waals surface area contributed by atoms with Crippen molar-refractivity contribution in [3.8, 4) is 22.9 Å². The maximum absolute atomic E-state index is 12.9. The molecule has 0 saturated heterocycles. The number of benzene rings is 5. The van der Waals surface area contributed by atoms with E-state index in [4.69, 9.17) is 9.47 Å². The number of esters is 1. The molecular weight excluding hydrogens is 611 g/mol. The Morgan fingerprint density at radius 2 is 1.40 bits per heavy atom. The maximum Gasteiger partial charge on any atom is 0.416 e. The molecule has 0 radical (unpaired) electrons. The first-order valence-electron chi connectivity index (χ1n) is 15.5. The van der Waals surface area contributed by atoms with E-state index in [1.807, 2.05) is 84.9 Å². The van der Waals surface area contributed by atoms with E-state index in [2.05, 4.69) is 18.2 Å². The van der Waals surface area contributed by atoms with Gasteiger partial charge in [0.25, 0.3) is 0 Å². The van der Waals surface area contributed by atoms with Crippen molar-refractivity contribution in [2.75, 3.05) is 7.11 Å². The summed E-state index contributed by atoms with van der Waals surface area (Å²) in [5.41, 5.74) is 6.12. The number of alkyl halides is 3. The van der Waals surface area contributed by atoms with E-state index in [1.54, 1.807) is 12.1 Å². The van der Waals surface area contributed by atoms with Gasteiger partial charge in [0.15, 0.2) is 0 Å². The fourth-order valence-electron chi connectivity index (χ4n) is 5.36. The van der Waals surface area contributed by atoms with Crippen molar-refractivity contribution in [3.63, 3.8) is 0 Å². The highest BCUT2D eigenvalue weighted by Crippen LogP contribution is 2.31. The topological polar surface area (TPSA) is 59.3 Å². The van der Waals surface area contributed by atoms with Crippen LogP contribution in [0.15, 0.2) is 127 Å². The van der Waals surface area contributed by atoms with Crippen LogP contribution in [0.25, 0.3) is 17.2 Å². The van der Waals surface area contributed by atoms with Crippen molar-refractivity contribution in [1.82, 2.24) is 0 Å². The van der Waals surface area contributed by atoms with Crippen molar-refractivity contribution >= 4 is 12.0 Å². The Morgan fingerprint density at radius 3 is 2.02 bits per heavy atom. The predicted molar refractivity (Wildman–Crippen MR) is 181 cm³/mol. The third-order valence-corrected chi connectivity index (χ3v) is 8.12. The Morgan fingerprint density at radius 1 is 0.792 bits per heavy atom. The average Bonchev–Trinajstić information content (AvgIpc) is 3.12. The van der Waals surface area contributed by atoms with Gasteiger partial charge in [-0.1, -0.05) is 91.0 Å². The smallest absolute Gasteiger partial charge is 0.416 e. The monoisotopic (exact) mass is 645 g/mol. The number of ether oxygens (including phenoxy) is 2. The van der Waals surface area contributed by atoms with Crippen LogP contribution in [-0.4, -0.2) is 13.1 Å². The molecule has 0 aliphatic rings. The van der Waals surface area contributed by atoms with Gasteiger partial charge in [0.2, 0.25) is 0 Å². The number of rotatable bonds is 12. The third kappa shape index (κ3) is 9.23. The van der Waals surface area contributed by atoms with E-state index in [9.17, 15) is 23.2 Å². The lowest BCUT2D eigenvalue weighted by atomic mass is 9.91. The second kappa shape index (κ2) is 15.8. The van der Waals surface area contributed by atoms with E-state index in [0.717, 1.165) is 65.0 Å². The second-order valence-electron chi connectivity index (χ2n) is 11.5. The molecule has 5 aromatic carbocycles. The quantitative estimate of drug-likeness (QED) is 0.127. The summed E-state index contributed by atoms with van der Waals surface area (Å²) in [6.45, 7) is 0.328. The van der Waals surface area contributed by atoms with Crippen molar-refractivity contribution in [3.05, 3.63) is 166 Å². The van der Waals surface area contributed by atoms with Crippen LogP contribution >= 0.6 is 0 Å². The molecule has 1 unspecified atom stereocenters. The molecule has 0 aliphatic carbocycles. The minimum Gasteiger partial charge on any atom is -0.488 e. The summed E-state index contributed by atoms with van der Waals surface area (Å²) in [5.74, 6) is 0.555. The van der Waals surface area contributed by atoms with Gasteiger partial charge < -0.3 is 9.47 Å². The molecule has 0 fully saturated rings. The number of para-hydroxylation sites is 1. The summed E-state index contributed by atoms with van der Waals surface area (Å²) >= 11 is 0. The molecule has 0 spiro atoms. The molecule has 4 nitrogen and oxygen atoms in total. The molecule has 0 aromatic heterocycles. The van der Waals surface area contributed by atoms with Crippen LogP contribution in [0.5, 0.6) is 5.75 Å². The van der Waals surface area contributed by atoms with E-state index >= 15 is 0 Å². The molecule has 48 heavy (non-hydrogen) atoms. The highest BCUT2D eigenvalue weighted by atomic mass is 19.4. The molecule has 0 heterocycles. The van der Waals surface area contributed by atoms with Gasteiger partial charge in [-0.2, -0.15) is 18.4 Å². The number of carbonyl (C=O) groups is 1. The molecule has 0 bridgehead atoms. The number of aryl methyl sites for hydroxylation is 1. The van der Waals surface area contributed by atoms with Gasteiger partial charge in [0.1, 0.15) is 12.4 Å². The zero-order valence-corrected chi connectivity index (χ0v) is 26.4. The minimum absolute atomic E-state index is 0.184. The zero-order chi connectivity index (χ0) is 33.9. The summed E-state index contributed by atoms with van der Waals surface area (Å²) in [7, 11) is 1.37. The Labute approximate surface area is 278 Å². The number of carbonyl (C=O) groups excluding carboxylic acids is 1. The molecule has 1 atom stereocenters. The Bertz CT molecular complexity index is 1870. The molecule has 0 saturated carbocycles. The highest BCUT2D eigenvalue weighted by Gasteiger charge is 2.30. The molecule has 5 rings (SSSR count). The molecule has 0 N–H and O–H groups in total. The van der Waals surface area contributed by atoms with E-state index in [1.165, 1.54) is 19.2 Å². The molecule has 242 valence electrons. The number of hydrogen-bond donors (Lipinski definition) is 0. The van der Waals surface area contributed by atoms with Gasteiger partial charge in [-0.15, -0.1) is 0 Å². The highest BCUT2D eigenvalue weighted by molar-refractivity contribution is 5.89. The summed E-state index contributed by atoms with van der Waals surface area (Å²) in [5, 5.41) is 9.20. The van der Waals surface area contributed by atoms with Crippen molar-refractivity contribution < 1.29 is 27.4 Å². The summed E-state index contributed by atoms with van der Waals surface area (Å²) in [6.07, 6.45) is 2.38. The first-order chi connectivity index (χ1) is 23.2. The van der Waals surface area contributed by atoms with Gasteiger partial charge in [-0.3, -0.25) is 0 Å². The van der Waals surface area contributed by atoms with Crippen LogP contribution in [0.3, 0.4) is 0 Å². The summed E-state index contributed by atoms with van der Waals surface area (Å²) in [6, 6.07) is 37.8. The number of allylic oxidation sites excluding steroid dienone is 1. The normalized spacial score (nSPS) is 12.0.